The number of aliphatic carboxylic acids is 1. The molecule has 2 aromatic carbocycles. The van der Waals surface area contributed by atoms with Crippen LogP contribution in [0.15, 0.2) is 36.4 Å². The molecule has 0 spiro atoms. The zero-order chi connectivity index (χ0) is 28.4. The van der Waals surface area contributed by atoms with Gasteiger partial charge in [0.25, 0.3) is 0 Å². The number of hydrogen-bond donors (Lipinski definition) is 7. The molecule has 1 fully saturated rings. The first-order valence-electron chi connectivity index (χ1n) is 11.6. The van der Waals surface area contributed by atoms with Gasteiger partial charge in [0.05, 0.1) is 0 Å². The van der Waals surface area contributed by atoms with Crippen molar-refractivity contribution < 1.29 is 62.1 Å². The van der Waals surface area contributed by atoms with Crippen LogP contribution in [0.5, 0.6) is 23.0 Å². The first-order valence-corrected chi connectivity index (χ1v) is 12.9. The van der Waals surface area contributed by atoms with E-state index in [2.05, 4.69) is 4.18 Å². The Hall–Kier alpha value is -3.14. The Kier molecular flexibility index (Phi) is 9.07. The number of aliphatic hydroxyl groups excluding tert-OH is 3. The van der Waals surface area contributed by atoms with Crippen LogP contribution in [-0.2, 0) is 32.8 Å². The van der Waals surface area contributed by atoms with Crippen molar-refractivity contribution in [2.75, 3.05) is 0 Å². The molecule has 0 aromatic heterocycles. The zero-order valence-corrected chi connectivity index (χ0v) is 21.2. The second-order valence-electron chi connectivity index (χ2n) is 9.33. The van der Waals surface area contributed by atoms with Gasteiger partial charge in [-0.15, -0.1) is 0 Å². The van der Waals surface area contributed by atoms with Crippen LogP contribution in [0.25, 0.3) is 0 Å². The topological polar surface area (TPSA) is 221 Å². The second kappa shape index (κ2) is 11.7. The SMILES string of the molecule is C[C@H](Cc1ccc(O)c(O[C@@H]2O[C@H](C(=O)O)[C@@H](O)[C@H](O)[C@H]2O)c1)[C@@H](C)Cc1ccc(O)c(OS(=O)(=O)O)c1. The molecule has 210 valence electrons. The predicted molar refractivity (Wildman–Crippen MR) is 129 cm³/mol. The van der Waals surface area contributed by atoms with Crippen molar-refractivity contribution in [3.63, 3.8) is 0 Å². The van der Waals surface area contributed by atoms with E-state index in [1.165, 1.54) is 24.3 Å². The molecule has 1 aliphatic rings. The maximum absolute atomic E-state index is 11.3. The number of carbonyl (C=O) groups is 1. The number of phenols is 2. The normalized spacial score (nSPS) is 25.4. The average Bonchev–Trinajstić information content (AvgIpc) is 2.82. The Morgan fingerprint density at radius 2 is 1.39 bits per heavy atom. The van der Waals surface area contributed by atoms with Gasteiger partial charge in [-0.2, -0.15) is 8.42 Å². The number of carboxylic acid groups (broad SMARTS) is 1. The highest BCUT2D eigenvalue weighted by Crippen LogP contribution is 2.34. The van der Waals surface area contributed by atoms with E-state index in [0.717, 1.165) is 0 Å². The average molecular weight is 559 g/mol. The Balaban J connectivity index is 1.69. The summed E-state index contributed by atoms with van der Waals surface area (Å²) in [5.41, 5.74) is 1.35. The smallest absolute Gasteiger partial charge is 0.446 e. The summed E-state index contributed by atoms with van der Waals surface area (Å²) in [4.78, 5) is 11.3. The number of aromatic hydroxyl groups is 2. The summed E-state index contributed by atoms with van der Waals surface area (Å²) < 4.78 is 45.8. The number of rotatable bonds is 10. The third-order valence-electron chi connectivity index (χ3n) is 6.39. The van der Waals surface area contributed by atoms with Gasteiger partial charge < -0.3 is 44.3 Å². The van der Waals surface area contributed by atoms with E-state index < -0.39 is 58.6 Å². The number of hydrogen-bond acceptors (Lipinski definition) is 11. The van der Waals surface area contributed by atoms with Gasteiger partial charge in [0.1, 0.15) is 18.3 Å². The molecule has 1 aliphatic heterocycles. The van der Waals surface area contributed by atoms with Crippen molar-refractivity contribution in [3.8, 4) is 23.0 Å². The van der Waals surface area contributed by atoms with E-state index >= 15 is 0 Å². The Labute approximate surface area is 218 Å². The van der Waals surface area contributed by atoms with Crippen LogP contribution in [0, 0.1) is 11.8 Å². The van der Waals surface area contributed by atoms with E-state index in [1.54, 1.807) is 12.1 Å². The first-order chi connectivity index (χ1) is 17.7. The Morgan fingerprint density at radius 3 is 1.89 bits per heavy atom. The standard InChI is InChI=1S/C24H30O13S/c1-11(12(2)8-14-4-6-16(26)18(10-14)37-38(32,33)34)7-13-3-5-15(25)17(9-13)35-24-21(29)19(27)20(28)22(36-24)23(30)31/h3-6,9-12,19-22,24-29H,7-8H2,1-2H3,(H,30,31)(H,32,33,34)/t11-,12+,19+,20+,21-,22+,24-/m1/s1. The summed E-state index contributed by atoms with van der Waals surface area (Å²) in [6.07, 6.45) is -8.12. The molecule has 0 amide bonds. The lowest BCUT2D eigenvalue weighted by molar-refractivity contribution is -0.271. The molecule has 0 aliphatic carbocycles. The number of phenolic OH excluding ortho intramolecular Hbond substituents is 2. The molecule has 7 N–H and O–H groups in total. The van der Waals surface area contributed by atoms with Crippen LogP contribution in [0.1, 0.15) is 25.0 Å². The van der Waals surface area contributed by atoms with Crippen LogP contribution in [0.2, 0.25) is 0 Å². The minimum atomic E-state index is -4.81. The van der Waals surface area contributed by atoms with Crippen molar-refractivity contribution >= 4 is 16.4 Å². The summed E-state index contributed by atoms with van der Waals surface area (Å²) in [6.45, 7) is 3.90. The van der Waals surface area contributed by atoms with E-state index in [0.29, 0.717) is 24.0 Å². The van der Waals surface area contributed by atoms with Gasteiger partial charge in [0.15, 0.2) is 29.1 Å². The summed E-state index contributed by atoms with van der Waals surface area (Å²) in [7, 11) is -4.81. The van der Waals surface area contributed by atoms with Gasteiger partial charge in [0, 0.05) is 0 Å². The minimum Gasteiger partial charge on any atom is -0.504 e. The maximum atomic E-state index is 11.3. The molecule has 0 bridgehead atoms. The maximum Gasteiger partial charge on any atom is 0.446 e. The fourth-order valence-electron chi connectivity index (χ4n) is 4.07. The van der Waals surface area contributed by atoms with Crippen LogP contribution < -0.4 is 8.92 Å². The zero-order valence-electron chi connectivity index (χ0n) is 20.4. The molecule has 3 rings (SSSR count). The highest BCUT2D eigenvalue weighted by atomic mass is 32.3. The molecule has 0 radical (unpaired) electrons. The molecular weight excluding hydrogens is 528 g/mol. The van der Waals surface area contributed by atoms with E-state index in [9.17, 15) is 43.9 Å². The lowest BCUT2D eigenvalue weighted by atomic mass is 9.85. The van der Waals surface area contributed by atoms with Gasteiger partial charge in [0.2, 0.25) is 6.29 Å². The monoisotopic (exact) mass is 558 g/mol. The lowest BCUT2D eigenvalue weighted by Crippen LogP contribution is -2.61. The Bertz CT molecular complexity index is 1250. The number of benzene rings is 2. The highest BCUT2D eigenvalue weighted by molar-refractivity contribution is 7.81. The van der Waals surface area contributed by atoms with Gasteiger partial charge in [-0.25, -0.2) is 4.79 Å². The summed E-state index contributed by atoms with van der Waals surface area (Å²) in [6, 6.07) is 8.61. The van der Waals surface area contributed by atoms with Crippen LogP contribution in [0.3, 0.4) is 0 Å². The van der Waals surface area contributed by atoms with Gasteiger partial charge >= 0.3 is 16.4 Å². The summed E-state index contributed by atoms with van der Waals surface area (Å²) >= 11 is 0. The molecule has 0 saturated carbocycles. The van der Waals surface area contributed by atoms with Crippen molar-refractivity contribution in [1.29, 1.82) is 0 Å². The fourth-order valence-corrected chi connectivity index (χ4v) is 4.43. The molecule has 0 unspecified atom stereocenters. The molecule has 1 heterocycles. The van der Waals surface area contributed by atoms with Crippen molar-refractivity contribution in [3.05, 3.63) is 47.5 Å². The van der Waals surface area contributed by atoms with Gasteiger partial charge in [-0.3, -0.25) is 4.55 Å². The van der Waals surface area contributed by atoms with E-state index in [1.807, 2.05) is 13.8 Å². The van der Waals surface area contributed by atoms with Crippen LogP contribution >= 0.6 is 0 Å². The van der Waals surface area contributed by atoms with E-state index in [-0.39, 0.29) is 23.3 Å². The molecule has 1 saturated heterocycles. The molecule has 13 nitrogen and oxygen atoms in total. The fraction of sp³-hybridized carbons (Fsp3) is 0.458. The third-order valence-corrected chi connectivity index (χ3v) is 6.78. The molecule has 14 heteroatoms. The van der Waals surface area contributed by atoms with Crippen LogP contribution in [-0.4, -0.2) is 80.3 Å². The van der Waals surface area contributed by atoms with Gasteiger partial charge in [-0.1, -0.05) is 26.0 Å². The molecule has 38 heavy (non-hydrogen) atoms. The second-order valence-corrected chi connectivity index (χ2v) is 10.4. The van der Waals surface area contributed by atoms with Crippen LogP contribution in [0.4, 0.5) is 0 Å². The van der Waals surface area contributed by atoms with Crippen molar-refractivity contribution in [2.24, 2.45) is 11.8 Å². The Morgan fingerprint density at radius 1 is 0.895 bits per heavy atom. The van der Waals surface area contributed by atoms with Gasteiger partial charge in [-0.05, 0) is 60.1 Å². The number of aliphatic hydroxyl groups is 3. The highest BCUT2D eigenvalue weighted by Gasteiger charge is 2.48. The predicted octanol–water partition coefficient (Wildman–Crippen LogP) is 0.608. The quantitative estimate of drug-likeness (QED) is 0.199. The third kappa shape index (κ3) is 7.24. The largest absolute Gasteiger partial charge is 0.504 e. The molecule has 7 atom stereocenters. The van der Waals surface area contributed by atoms with Crippen molar-refractivity contribution in [1.82, 2.24) is 0 Å². The minimum absolute atomic E-state index is 0.0211. The molecule has 2 aromatic rings. The number of carboxylic acids is 1. The summed E-state index contributed by atoms with van der Waals surface area (Å²) in [5.74, 6) is -2.83. The van der Waals surface area contributed by atoms with E-state index in [4.69, 9.17) is 14.0 Å². The number of ether oxygens (including phenoxy) is 2. The summed E-state index contributed by atoms with van der Waals surface area (Å²) in [5, 5.41) is 59.2. The first kappa shape index (κ1) is 29.4. The lowest BCUT2D eigenvalue weighted by Gasteiger charge is -2.38. The van der Waals surface area contributed by atoms with Crippen molar-refractivity contribution in [2.45, 2.75) is 57.4 Å². The molecular formula is C24H30O13S.